The molecule has 0 radical (unpaired) electrons. The predicted molar refractivity (Wildman–Crippen MR) is 132 cm³/mol. The maximum Gasteiger partial charge on any atom is 0.251 e. The molecule has 1 atom stereocenters. The molecular formula is C26H28N4O3S. The SMILES string of the molecule is O=C(NC1CCN(Cc2ccccc2)CC1)c1ccc([C@@H]2Nc3ccccc3S(=O)(=O)N2)cc1. The third-order valence-electron chi connectivity index (χ3n) is 6.43. The Morgan fingerprint density at radius 1 is 0.912 bits per heavy atom. The van der Waals surface area contributed by atoms with Crippen molar-refractivity contribution in [3.05, 3.63) is 95.6 Å². The predicted octanol–water partition coefficient (Wildman–Crippen LogP) is 3.48. The van der Waals surface area contributed by atoms with Crippen LogP contribution in [-0.4, -0.2) is 38.4 Å². The molecule has 1 saturated heterocycles. The average molecular weight is 477 g/mol. The Kier molecular flexibility index (Phi) is 6.36. The van der Waals surface area contributed by atoms with Crippen LogP contribution in [-0.2, 0) is 16.6 Å². The minimum absolute atomic E-state index is 0.101. The summed E-state index contributed by atoms with van der Waals surface area (Å²) < 4.78 is 27.8. The van der Waals surface area contributed by atoms with Crippen molar-refractivity contribution in [1.82, 2.24) is 14.9 Å². The van der Waals surface area contributed by atoms with Gasteiger partial charge < -0.3 is 10.6 Å². The number of fused-ring (bicyclic) bond motifs is 1. The first-order chi connectivity index (χ1) is 16.5. The van der Waals surface area contributed by atoms with Crippen LogP contribution in [0.3, 0.4) is 0 Å². The van der Waals surface area contributed by atoms with Crippen LogP contribution in [0, 0.1) is 0 Å². The average Bonchev–Trinajstić information content (AvgIpc) is 2.85. The summed E-state index contributed by atoms with van der Waals surface area (Å²) >= 11 is 0. The van der Waals surface area contributed by atoms with Gasteiger partial charge >= 0.3 is 0 Å². The minimum atomic E-state index is -3.61. The molecular weight excluding hydrogens is 448 g/mol. The second-order valence-electron chi connectivity index (χ2n) is 8.83. The van der Waals surface area contributed by atoms with E-state index in [1.807, 2.05) is 6.07 Å². The molecule has 1 fully saturated rings. The second kappa shape index (κ2) is 9.58. The molecule has 3 N–H and O–H groups in total. The summed E-state index contributed by atoms with van der Waals surface area (Å²) in [4.78, 5) is 15.4. The Bertz CT molecular complexity index is 1250. The summed E-state index contributed by atoms with van der Waals surface area (Å²) in [5.74, 6) is -0.101. The number of nitrogens with zero attached hydrogens (tertiary/aromatic N) is 1. The first-order valence-corrected chi connectivity index (χ1v) is 13.0. The number of amides is 1. The molecule has 34 heavy (non-hydrogen) atoms. The van der Waals surface area contributed by atoms with E-state index < -0.39 is 16.2 Å². The van der Waals surface area contributed by atoms with Gasteiger partial charge in [0.05, 0.1) is 5.69 Å². The molecule has 7 nitrogen and oxygen atoms in total. The highest BCUT2D eigenvalue weighted by Crippen LogP contribution is 2.30. The van der Waals surface area contributed by atoms with Crippen LogP contribution in [0.25, 0.3) is 0 Å². The lowest BCUT2D eigenvalue weighted by Gasteiger charge is -2.32. The fourth-order valence-electron chi connectivity index (χ4n) is 4.55. The van der Waals surface area contributed by atoms with Crippen molar-refractivity contribution in [3.63, 3.8) is 0 Å². The molecule has 5 rings (SSSR count). The Balaban J connectivity index is 1.17. The monoisotopic (exact) mass is 476 g/mol. The molecule has 3 aromatic rings. The summed E-state index contributed by atoms with van der Waals surface area (Å²) in [5.41, 5.74) is 3.17. The number of piperidine rings is 1. The second-order valence-corrected chi connectivity index (χ2v) is 10.5. The molecule has 2 heterocycles. The van der Waals surface area contributed by atoms with Gasteiger partial charge in [0.2, 0.25) is 10.0 Å². The van der Waals surface area contributed by atoms with Crippen LogP contribution in [0.15, 0.2) is 83.8 Å². The van der Waals surface area contributed by atoms with E-state index in [1.54, 1.807) is 48.5 Å². The Morgan fingerprint density at radius 3 is 2.32 bits per heavy atom. The van der Waals surface area contributed by atoms with Crippen molar-refractivity contribution >= 4 is 21.6 Å². The van der Waals surface area contributed by atoms with Gasteiger partial charge in [-0.25, -0.2) is 8.42 Å². The third kappa shape index (κ3) is 4.99. The van der Waals surface area contributed by atoms with Gasteiger partial charge in [0.15, 0.2) is 0 Å². The van der Waals surface area contributed by atoms with Gasteiger partial charge in [-0.05, 0) is 48.2 Å². The fourth-order valence-corrected chi connectivity index (χ4v) is 5.85. The maximum absolute atomic E-state index is 12.8. The van der Waals surface area contributed by atoms with E-state index >= 15 is 0 Å². The zero-order valence-electron chi connectivity index (χ0n) is 18.8. The number of likely N-dealkylation sites (tertiary alicyclic amines) is 1. The Labute approximate surface area is 200 Å². The van der Waals surface area contributed by atoms with Crippen molar-refractivity contribution in [2.75, 3.05) is 18.4 Å². The van der Waals surface area contributed by atoms with E-state index in [1.165, 1.54) is 5.56 Å². The first-order valence-electron chi connectivity index (χ1n) is 11.5. The molecule has 2 aliphatic rings. The maximum atomic E-state index is 12.8. The van der Waals surface area contributed by atoms with Gasteiger partial charge in [-0.15, -0.1) is 0 Å². The Morgan fingerprint density at radius 2 is 1.59 bits per heavy atom. The number of hydrogen-bond donors (Lipinski definition) is 3. The Hall–Kier alpha value is -3.20. The van der Waals surface area contributed by atoms with E-state index in [0.29, 0.717) is 11.3 Å². The summed E-state index contributed by atoms with van der Waals surface area (Å²) in [6.07, 6.45) is 1.25. The van der Waals surface area contributed by atoms with Crippen LogP contribution in [0.2, 0.25) is 0 Å². The standard InChI is InChI=1S/C26H28N4O3S/c31-26(27-22-14-16-30(17-15-22)18-19-6-2-1-3-7-19)21-12-10-20(11-13-21)25-28-23-8-4-5-9-24(23)34(32,33)29-25/h1-13,22,25,28-29H,14-18H2,(H,27,31)/t25-/m1/s1. The largest absolute Gasteiger partial charge is 0.364 e. The molecule has 1 amide bonds. The smallest absolute Gasteiger partial charge is 0.251 e. The molecule has 176 valence electrons. The summed E-state index contributed by atoms with van der Waals surface area (Å²) in [7, 11) is -3.61. The summed E-state index contributed by atoms with van der Waals surface area (Å²) in [6.45, 7) is 2.84. The molecule has 0 spiro atoms. The van der Waals surface area contributed by atoms with E-state index in [9.17, 15) is 13.2 Å². The number of anilines is 1. The van der Waals surface area contributed by atoms with Crippen LogP contribution in [0.5, 0.6) is 0 Å². The minimum Gasteiger partial charge on any atom is -0.364 e. The number of benzene rings is 3. The van der Waals surface area contributed by atoms with Crippen molar-refractivity contribution < 1.29 is 13.2 Å². The lowest BCUT2D eigenvalue weighted by atomic mass is 10.0. The molecule has 2 aliphatic heterocycles. The van der Waals surface area contributed by atoms with Crippen molar-refractivity contribution in [3.8, 4) is 0 Å². The molecule has 0 aromatic heterocycles. The van der Waals surface area contributed by atoms with Crippen molar-refractivity contribution in [2.24, 2.45) is 0 Å². The molecule has 8 heteroatoms. The van der Waals surface area contributed by atoms with Crippen LogP contribution >= 0.6 is 0 Å². The molecule has 0 aliphatic carbocycles. The number of carbonyl (C=O) groups is 1. The van der Waals surface area contributed by atoms with Gasteiger partial charge in [0.25, 0.3) is 5.91 Å². The number of hydrogen-bond acceptors (Lipinski definition) is 5. The van der Waals surface area contributed by atoms with Gasteiger partial charge in [-0.3, -0.25) is 9.69 Å². The van der Waals surface area contributed by atoms with Gasteiger partial charge in [0, 0.05) is 31.2 Å². The van der Waals surface area contributed by atoms with Crippen LogP contribution in [0.4, 0.5) is 5.69 Å². The summed E-state index contributed by atoms with van der Waals surface area (Å²) in [6, 6.07) is 24.4. The highest BCUT2D eigenvalue weighted by molar-refractivity contribution is 7.89. The lowest BCUT2D eigenvalue weighted by Crippen LogP contribution is -2.44. The quantitative estimate of drug-likeness (QED) is 0.525. The van der Waals surface area contributed by atoms with Gasteiger partial charge in [-0.2, -0.15) is 4.72 Å². The normalized spacial score (nSPS) is 20.2. The van der Waals surface area contributed by atoms with Crippen molar-refractivity contribution in [1.29, 1.82) is 0 Å². The highest BCUT2D eigenvalue weighted by atomic mass is 32.2. The van der Waals surface area contributed by atoms with Crippen LogP contribution < -0.4 is 15.4 Å². The van der Waals surface area contributed by atoms with E-state index in [0.717, 1.165) is 38.0 Å². The number of carbonyl (C=O) groups excluding carboxylic acids is 1. The fraction of sp³-hybridized carbons (Fsp3) is 0.269. The first kappa shape index (κ1) is 22.6. The van der Waals surface area contributed by atoms with E-state index in [-0.39, 0.29) is 16.8 Å². The van der Waals surface area contributed by atoms with E-state index in [4.69, 9.17) is 0 Å². The van der Waals surface area contributed by atoms with E-state index in [2.05, 4.69) is 44.5 Å². The van der Waals surface area contributed by atoms with Crippen LogP contribution in [0.1, 0.15) is 40.5 Å². The van der Waals surface area contributed by atoms with Gasteiger partial charge in [-0.1, -0.05) is 54.6 Å². The highest BCUT2D eigenvalue weighted by Gasteiger charge is 2.29. The number of sulfonamides is 1. The zero-order valence-corrected chi connectivity index (χ0v) is 19.6. The molecule has 0 bridgehead atoms. The third-order valence-corrected chi connectivity index (χ3v) is 7.91. The molecule has 3 aromatic carbocycles. The topological polar surface area (TPSA) is 90.5 Å². The van der Waals surface area contributed by atoms with Gasteiger partial charge in [0.1, 0.15) is 11.1 Å². The van der Waals surface area contributed by atoms with Crippen molar-refractivity contribution in [2.45, 2.75) is 36.5 Å². The number of rotatable bonds is 5. The number of para-hydroxylation sites is 1. The molecule has 0 unspecified atom stereocenters. The number of nitrogens with one attached hydrogen (secondary N) is 3. The summed E-state index contributed by atoms with van der Waals surface area (Å²) in [5, 5.41) is 6.36. The lowest BCUT2D eigenvalue weighted by molar-refractivity contribution is 0.0909. The zero-order chi connectivity index (χ0) is 23.5. The molecule has 0 saturated carbocycles.